The first kappa shape index (κ1) is 16.9. The molecule has 1 N–H and O–H groups in total. The zero-order valence-corrected chi connectivity index (χ0v) is 14.2. The van der Waals surface area contributed by atoms with E-state index in [0.717, 1.165) is 38.4 Å². The Kier molecular flexibility index (Phi) is 5.48. The Morgan fingerprint density at radius 1 is 1.29 bits per heavy atom. The molecule has 0 aromatic heterocycles. The van der Waals surface area contributed by atoms with Crippen LogP contribution in [0.5, 0.6) is 0 Å². The highest BCUT2D eigenvalue weighted by molar-refractivity contribution is 5.89. The van der Waals surface area contributed by atoms with Crippen molar-refractivity contribution in [2.24, 2.45) is 5.92 Å². The van der Waals surface area contributed by atoms with Crippen molar-refractivity contribution >= 4 is 11.8 Å². The van der Waals surface area contributed by atoms with Gasteiger partial charge in [0.25, 0.3) is 0 Å². The summed E-state index contributed by atoms with van der Waals surface area (Å²) in [5.41, 5.74) is 2.34. The van der Waals surface area contributed by atoms with Crippen molar-refractivity contribution in [3.63, 3.8) is 0 Å². The fourth-order valence-corrected chi connectivity index (χ4v) is 3.23. The molecule has 0 saturated carbocycles. The second kappa shape index (κ2) is 7.77. The molecule has 0 spiro atoms. The van der Waals surface area contributed by atoms with Gasteiger partial charge < -0.3 is 15.0 Å². The summed E-state index contributed by atoms with van der Waals surface area (Å²) in [5.74, 6) is -0.215. The van der Waals surface area contributed by atoms with Gasteiger partial charge in [0.05, 0.1) is 19.1 Å². The molecule has 6 nitrogen and oxygen atoms in total. The Morgan fingerprint density at radius 2 is 2.04 bits per heavy atom. The molecule has 1 unspecified atom stereocenters. The summed E-state index contributed by atoms with van der Waals surface area (Å²) < 4.78 is 5.37. The van der Waals surface area contributed by atoms with E-state index in [0.29, 0.717) is 19.5 Å². The van der Waals surface area contributed by atoms with E-state index in [1.165, 1.54) is 5.56 Å². The second-order valence-electron chi connectivity index (χ2n) is 6.60. The molecule has 24 heavy (non-hydrogen) atoms. The van der Waals surface area contributed by atoms with E-state index in [-0.39, 0.29) is 17.7 Å². The molecule has 130 valence electrons. The van der Waals surface area contributed by atoms with Crippen LogP contribution in [0.2, 0.25) is 0 Å². The minimum Gasteiger partial charge on any atom is -0.379 e. The zero-order chi connectivity index (χ0) is 16.9. The van der Waals surface area contributed by atoms with Gasteiger partial charge in [0.15, 0.2) is 0 Å². The molecule has 1 atom stereocenters. The zero-order valence-electron chi connectivity index (χ0n) is 14.2. The monoisotopic (exact) mass is 331 g/mol. The Morgan fingerprint density at radius 3 is 2.75 bits per heavy atom. The highest BCUT2D eigenvalue weighted by Gasteiger charge is 2.31. The van der Waals surface area contributed by atoms with Gasteiger partial charge in [-0.25, -0.2) is 0 Å². The minimum absolute atomic E-state index is 0.0358. The molecule has 2 heterocycles. The predicted octanol–water partition coefficient (Wildman–Crippen LogP) is 0.613. The molecule has 2 aliphatic rings. The van der Waals surface area contributed by atoms with Crippen LogP contribution < -0.4 is 5.32 Å². The average Bonchev–Trinajstić information content (AvgIpc) is 2.93. The maximum atomic E-state index is 12.2. The van der Waals surface area contributed by atoms with Crippen molar-refractivity contribution in [1.82, 2.24) is 15.1 Å². The van der Waals surface area contributed by atoms with Crippen molar-refractivity contribution in [3.05, 3.63) is 35.4 Å². The smallest absolute Gasteiger partial charge is 0.225 e. The number of hydrogen-bond acceptors (Lipinski definition) is 4. The fourth-order valence-electron chi connectivity index (χ4n) is 3.23. The van der Waals surface area contributed by atoms with E-state index < -0.39 is 0 Å². The molecule has 2 fully saturated rings. The first-order valence-electron chi connectivity index (χ1n) is 8.51. The SMILES string of the molecule is CN1CC(C(=O)NCc2cccc(CN3CCOCC3)c2)CC1=O. The number of carbonyl (C=O) groups is 2. The Labute approximate surface area is 142 Å². The number of ether oxygens (including phenoxy) is 1. The summed E-state index contributed by atoms with van der Waals surface area (Å²) in [5, 5.41) is 2.96. The van der Waals surface area contributed by atoms with Crippen LogP contribution in [-0.4, -0.2) is 61.5 Å². The fraction of sp³-hybridized carbons (Fsp3) is 0.556. The van der Waals surface area contributed by atoms with Crippen molar-refractivity contribution in [2.45, 2.75) is 19.5 Å². The van der Waals surface area contributed by atoms with E-state index >= 15 is 0 Å². The molecule has 6 heteroatoms. The summed E-state index contributed by atoms with van der Waals surface area (Å²) in [4.78, 5) is 27.7. The number of rotatable bonds is 5. The number of amides is 2. The van der Waals surface area contributed by atoms with Crippen molar-refractivity contribution < 1.29 is 14.3 Å². The average molecular weight is 331 g/mol. The highest BCUT2D eigenvalue weighted by atomic mass is 16.5. The third-order valence-electron chi connectivity index (χ3n) is 4.68. The number of likely N-dealkylation sites (tertiary alicyclic amines) is 1. The number of hydrogen-bond donors (Lipinski definition) is 1. The van der Waals surface area contributed by atoms with Crippen LogP contribution in [0.1, 0.15) is 17.5 Å². The molecular formula is C18H25N3O3. The van der Waals surface area contributed by atoms with Crippen LogP contribution in [0, 0.1) is 5.92 Å². The number of nitrogens with zero attached hydrogens (tertiary/aromatic N) is 2. The minimum atomic E-state index is -0.223. The molecule has 0 aliphatic carbocycles. The summed E-state index contributed by atoms with van der Waals surface area (Å²) in [6, 6.07) is 8.31. The molecule has 2 aliphatic heterocycles. The van der Waals surface area contributed by atoms with Gasteiger partial charge >= 0.3 is 0 Å². The van der Waals surface area contributed by atoms with Gasteiger partial charge in [-0.15, -0.1) is 0 Å². The molecule has 2 saturated heterocycles. The second-order valence-corrected chi connectivity index (χ2v) is 6.60. The quantitative estimate of drug-likeness (QED) is 0.859. The van der Waals surface area contributed by atoms with Crippen LogP contribution in [0.25, 0.3) is 0 Å². The van der Waals surface area contributed by atoms with Gasteiger partial charge in [0, 0.05) is 46.2 Å². The Bertz CT molecular complexity index is 599. The van der Waals surface area contributed by atoms with Crippen LogP contribution in [0.3, 0.4) is 0 Å². The molecule has 1 aromatic carbocycles. The van der Waals surface area contributed by atoms with Gasteiger partial charge in [0.1, 0.15) is 0 Å². The molecule has 2 amide bonds. The normalized spacial score (nSPS) is 22.0. The lowest BCUT2D eigenvalue weighted by Crippen LogP contribution is -2.35. The largest absolute Gasteiger partial charge is 0.379 e. The standard InChI is InChI=1S/C18H25N3O3/c1-20-13-16(10-17(20)22)18(23)19-11-14-3-2-4-15(9-14)12-21-5-7-24-8-6-21/h2-4,9,16H,5-8,10-13H2,1H3,(H,19,23). The molecule has 0 bridgehead atoms. The predicted molar refractivity (Wildman–Crippen MR) is 90.1 cm³/mol. The van der Waals surface area contributed by atoms with Crippen molar-refractivity contribution in [1.29, 1.82) is 0 Å². The third kappa shape index (κ3) is 4.33. The Hall–Kier alpha value is -1.92. The van der Waals surface area contributed by atoms with Gasteiger partial charge in [-0.1, -0.05) is 24.3 Å². The highest BCUT2D eigenvalue weighted by Crippen LogP contribution is 2.16. The maximum Gasteiger partial charge on any atom is 0.225 e. The molecule has 3 rings (SSSR count). The van der Waals surface area contributed by atoms with E-state index in [2.05, 4.69) is 22.3 Å². The summed E-state index contributed by atoms with van der Waals surface area (Å²) in [6.07, 6.45) is 0.319. The van der Waals surface area contributed by atoms with E-state index in [1.807, 2.05) is 12.1 Å². The first-order chi connectivity index (χ1) is 11.6. The van der Waals surface area contributed by atoms with E-state index in [4.69, 9.17) is 4.74 Å². The number of nitrogens with one attached hydrogen (secondary N) is 1. The lowest BCUT2D eigenvalue weighted by molar-refractivity contribution is -0.128. The Balaban J connectivity index is 1.51. The number of carbonyl (C=O) groups excluding carboxylic acids is 2. The van der Waals surface area contributed by atoms with Crippen LogP contribution in [-0.2, 0) is 27.4 Å². The van der Waals surface area contributed by atoms with E-state index in [1.54, 1.807) is 11.9 Å². The van der Waals surface area contributed by atoms with Crippen molar-refractivity contribution in [2.75, 3.05) is 39.9 Å². The van der Waals surface area contributed by atoms with Gasteiger partial charge in [-0.2, -0.15) is 0 Å². The molecule has 0 radical (unpaired) electrons. The van der Waals surface area contributed by atoms with Crippen LogP contribution in [0.4, 0.5) is 0 Å². The van der Waals surface area contributed by atoms with Gasteiger partial charge in [0.2, 0.25) is 11.8 Å². The molecule has 1 aromatic rings. The van der Waals surface area contributed by atoms with Crippen LogP contribution >= 0.6 is 0 Å². The number of benzene rings is 1. The van der Waals surface area contributed by atoms with Gasteiger partial charge in [-0.3, -0.25) is 14.5 Å². The summed E-state index contributed by atoms with van der Waals surface area (Å²) in [7, 11) is 1.74. The topological polar surface area (TPSA) is 61.9 Å². The summed E-state index contributed by atoms with van der Waals surface area (Å²) in [6.45, 7) is 5.45. The van der Waals surface area contributed by atoms with Crippen molar-refractivity contribution in [3.8, 4) is 0 Å². The van der Waals surface area contributed by atoms with E-state index in [9.17, 15) is 9.59 Å². The van der Waals surface area contributed by atoms with Crippen LogP contribution in [0.15, 0.2) is 24.3 Å². The lowest BCUT2D eigenvalue weighted by atomic mass is 10.1. The number of morpholine rings is 1. The lowest BCUT2D eigenvalue weighted by Gasteiger charge is -2.26. The maximum absolute atomic E-state index is 12.2. The van der Waals surface area contributed by atoms with Gasteiger partial charge in [-0.05, 0) is 11.1 Å². The third-order valence-corrected chi connectivity index (χ3v) is 4.68. The molecular weight excluding hydrogens is 306 g/mol. The summed E-state index contributed by atoms with van der Waals surface area (Å²) >= 11 is 0. The first-order valence-corrected chi connectivity index (χ1v) is 8.51.